The summed E-state index contributed by atoms with van der Waals surface area (Å²) in [5.74, 6) is 0.732. The Morgan fingerprint density at radius 1 is 1.47 bits per heavy atom. The van der Waals surface area contributed by atoms with Crippen molar-refractivity contribution in [1.29, 1.82) is 0 Å². The predicted octanol–water partition coefficient (Wildman–Crippen LogP) is 2.16. The summed E-state index contributed by atoms with van der Waals surface area (Å²) in [6.45, 7) is 0.457. The normalized spacial score (nSPS) is 10.3. The van der Waals surface area contributed by atoms with Gasteiger partial charge in [0.25, 0.3) is 0 Å². The van der Waals surface area contributed by atoms with Crippen LogP contribution in [-0.4, -0.2) is 14.8 Å². The van der Waals surface area contributed by atoms with E-state index in [2.05, 4.69) is 26.0 Å². The zero-order chi connectivity index (χ0) is 10.7. The van der Waals surface area contributed by atoms with Gasteiger partial charge in [0.1, 0.15) is 12.4 Å². The number of hydrogen-bond acceptors (Lipinski definition) is 3. The van der Waals surface area contributed by atoms with Crippen LogP contribution in [0.5, 0.6) is 5.75 Å². The summed E-state index contributed by atoms with van der Waals surface area (Å²) in [5, 5.41) is 4.21. The lowest BCUT2D eigenvalue weighted by Gasteiger charge is -2.03. The fraction of sp³-hybridized carbons (Fsp3) is 0.200. The Hall–Kier alpha value is -1.36. The van der Waals surface area contributed by atoms with E-state index in [4.69, 9.17) is 4.74 Å². The van der Waals surface area contributed by atoms with Gasteiger partial charge in [-0.3, -0.25) is 9.67 Å². The van der Waals surface area contributed by atoms with E-state index in [1.165, 1.54) is 0 Å². The van der Waals surface area contributed by atoms with Crippen LogP contribution in [0.2, 0.25) is 0 Å². The molecule has 2 aromatic rings. The van der Waals surface area contributed by atoms with Crippen LogP contribution in [0.1, 0.15) is 5.69 Å². The minimum Gasteiger partial charge on any atom is -0.486 e. The van der Waals surface area contributed by atoms with Crippen LogP contribution < -0.4 is 4.74 Å². The molecule has 0 aliphatic carbocycles. The molecule has 0 unspecified atom stereocenters. The fourth-order valence-corrected chi connectivity index (χ4v) is 1.51. The molecule has 2 rings (SSSR count). The van der Waals surface area contributed by atoms with E-state index in [9.17, 15) is 0 Å². The van der Waals surface area contributed by atoms with Gasteiger partial charge in [-0.05, 0) is 28.1 Å². The van der Waals surface area contributed by atoms with E-state index < -0.39 is 0 Å². The SMILES string of the molecule is Cn1ccc(COc2cncc(Br)c2)n1. The molecule has 0 fully saturated rings. The minimum absolute atomic E-state index is 0.457. The van der Waals surface area contributed by atoms with E-state index in [0.717, 1.165) is 15.9 Å². The molecule has 78 valence electrons. The van der Waals surface area contributed by atoms with E-state index in [1.54, 1.807) is 17.1 Å². The van der Waals surface area contributed by atoms with E-state index >= 15 is 0 Å². The molecule has 0 bridgehead atoms. The summed E-state index contributed by atoms with van der Waals surface area (Å²) in [6.07, 6.45) is 5.28. The third-order valence-corrected chi connectivity index (χ3v) is 2.27. The number of ether oxygens (including phenoxy) is 1. The third kappa shape index (κ3) is 2.79. The first-order valence-electron chi connectivity index (χ1n) is 4.46. The van der Waals surface area contributed by atoms with Crippen molar-refractivity contribution in [2.75, 3.05) is 0 Å². The molecule has 2 heterocycles. The maximum atomic E-state index is 5.52. The van der Waals surface area contributed by atoms with Gasteiger partial charge < -0.3 is 4.74 Å². The minimum atomic E-state index is 0.457. The second kappa shape index (κ2) is 4.44. The Kier molecular flexibility index (Phi) is 3.01. The highest BCUT2D eigenvalue weighted by atomic mass is 79.9. The second-order valence-electron chi connectivity index (χ2n) is 3.11. The average molecular weight is 268 g/mol. The first-order valence-corrected chi connectivity index (χ1v) is 5.25. The maximum Gasteiger partial charge on any atom is 0.139 e. The Morgan fingerprint density at radius 2 is 2.33 bits per heavy atom. The van der Waals surface area contributed by atoms with Crippen LogP contribution >= 0.6 is 15.9 Å². The molecule has 0 aliphatic heterocycles. The molecule has 0 radical (unpaired) electrons. The van der Waals surface area contributed by atoms with Gasteiger partial charge in [-0.15, -0.1) is 0 Å². The smallest absolute Gasteiger partial charge is 0.139 e. The van der Waals surface area contributed by atoms with Crippen LogP contribution in [0.4, 0.5) is 0 Å². The van der Waals surface area contributed by atoms with Crippen LogP contribution in [0.25, 0.3) is 0 Å². The second-order valence-corrected chi connectivity index (χ2v) is 4.02. The number of nitrogens with zero attached hydrogens (tertiary/aromatic N) is 3. The third-order valence-electron chi connectivity index (χ3n) is 1.84. The topological polar surface area (TPSA) is 39.9 Å². The van der Waals surface area contributed by atoms with Gasteiger partial charge in [0.15, 0.2) is 0 Å². The van der Waals surface area contributed by atoms with Crippen molar-refractivity contribution in [3.63, 3.8) is 0 Å². The number of aryl methyl sites for hydroxylation is 1. The highest BCUT2D eigenvalue weighted by Crippen LogP contribution is 2.16. The average Bonchev–Trinajstić information content (AvgIpc) is 2.62. The van der Waals surface area contributed by atoms with Gasteiger partial charge in [0.2, 0.25) is 0 Å². The van der Waals surface area contributed by atoms with E-state index in [0.29, 0.717) is 6.61 Å². The Balaban J connectivity index is 1.99. The lowest BCUT2D eigenvalue weighted by Crippen LogP contribution is -1.98. The first-order chi connectivity index (χ1) is 7.24. The van der Waals surface area contributed by atoms with E-state index in [-0.39, 0.29) is 0 Å². The lowest BCUT2D eigenvalue weighted by molar-refractivity contribution is 0.298. The van der Waals surface area contributed by atoms with Crippen molar-refractivity contribution in [2.24, 2.45) is 7.05 Å². The molecule has 0 spiro atoms. The zero-order valence-corrected chi connectivity index (χ0v) is 9.81. The number of aromatic nitrogens is 3. The van der Waals surface area contributed by atoms with Gasteiger partial charge in [0.05, 0.1) is 11.9 Å². The molecule has 0 saturated carbocycles. The number of rotatable bonds is 3. The van der Waals surface area contributed by atoms with Gasteiger partial charge in [0, 0.05) is 23.9 Å². The molecular weight excluding hydrogens is 258 g/mol. The van der Waals surface area contributed by atoms with E-state index in [1.807, 2.05) is 25.4 Å². The summed E-state index contributed by atoms with van der Waals surface area (Å²) in [7, 11) is 1.88. The fourth-order valence-electron chi connectivity index (χ4n) is 1.17. The standard InChI is InChI=1S/C10H10BrN3O/c1-14-3-2-9(13-14)7-15-10-4-8(11)5-12-6-10/h2-6H,7H2,1H3. The van der Waals surface area contributed by atoms with Gasteiger partial charge in [-0.2, -0.15) is 5.10 Å². The van der Waals surface area contributed by atoms with Gasteiger partial charge >= 0.3 is 0 Å². The van der Waals surface area contributed by atoms with Crippen LogP contribution in [0, 0.1) is 0 Å². The molecule has 0 aromatic carbocycles. The molecule has 0 amide bonds. The quantitative estimate of drug-likeness (QED) is 0.856. The largest absolute Gasteiger partial charge is 0.486 e. The summed E-state index contributed by atoms with van der Waals surface area (Å²) in [5.41, 5.74) is 0.900. The Bertz CT molecular complexity index is 455. The highest BCUT2D eigenvalue weighted by molar-refractivity contribution is 9.10. The summed E-state index contributed by atoms with van der Waals surface area (Å²) < 4.78 is 8.17. The Morgan fingerprint density at radius 3 is 3.00 bits per heavy atom. The molecule has 0 aliphatic rings. The monoisotopic (exact) mass is 267 g/mol. The summed E-state index contributed by atoms with van der Waals surface area (Å²) in [6, 6.07) is 3.79. The first kappa shape index (κ1) is 10.2. The summed E-state index contributed by atoms with van der Waals surface area (Å²) >= 11 is 3.33. The van der Waals surface area contributed by atoms with Crippen molar-refractivity contribution in [3.05, 3.63) is 40.9 Å². The molecule has 4 nitrogen and oxygen atoms in total. The molecular formula is C10H10BrN3O. The maximum absolute atomic E-state index is 5.52. The molecule has 0 atom stereocenters. The van der Waals surface area contributed by atoms with Crippen LogP contribution in [0.3, 0.4) is 0 Å². The van der Waals surface area contributed by atoms with Crippen molar-refractivity contribution >= 4 is 15.9 Å². The predicted molar refractivity (Wildman–Crippen MR) is 59.5 cm³/mol. The molecule has 15 heavy (non-hydrogen) atoms. The van der Waals surface area contributed by atoms with Gasteiger partial charge in [-0.1, -0.05) is 0 Å². The van der Waals surface area contributed by atoms with Crippen molar-refractivity contribution < 1.29 is 4.74 Å². The van der Waals surface area contributed by atoms with Crippen LogP contribution in [0.15, 0.2) is 35.2 Å². The summed E-state index contributed by atoms with van der Waals surface area (Å²) in [4.78, 5) is 4.00. The molecule has 5 heteroatoms. The zero-order valence-electron chi connectivity index (χ0n) is 8.22. The Labute approximate surface area is 96.0 Å². The molecule has 2 aromatic heterocycles. The van der Waals surface area contributed by atoms with Crippen molar-refractivity contribution in [1.82, 2.24) is 14.8 Å². The van der Waals surface area contributed by atoms with Crippen molar-refractivity contribution in [3.8, 4) is 5.75 Å². The number of pyridine rings is 1. The van der Waals surface area contributed by atoms with Crippen LogP contribution in [-0.2, 0) is 13.7 Å². The lowest BCUT2D eigenvalue weighted by atomic mass is 10.4. The highest BCUT2D eigenvalue weighted by Gasteiger charge is 1.99. The van der Waals surface area contributed by atoms with Crippen molar-refractivity contribution in [2.45, 2.75) is 6.61 Å². The number of halogens is 1. The number of hydrogen-bond donors (Lipinski definition) is 0. The molecule has 0 saturated heterocycles. The molecule has 0 N–H and O–H groups in total. The van der Waals surface area contributed by atoms with Gasteiger partial charge in [-0.25, -0.2) is 0 Å².